The van der Waals surface area contributed by atoms with Crippen LogP contribution in [0.4, 0.5) is 18.9 Å². The van der Waals surface area contributed by atoms with Crippen LogP contribution in [0.3, 0.4) is 0 Å². The number of alkyl halides is 3. The summed E-state index contributed by atoms with van der Waals surface area (Å²) in [4.78, 5) is 27.4. The second-order valence-corrected chi connectivity index (χ2v) is 11.3. The zero-order chi connectivity index (χ0) is 27.9. The van der Waals surface area contributed by atoms with Crippen LogP contribution in [0.5, 0.6) is 0 Å². The number of hydrogen-bond acceptors (Lipinski definition) is 5. The Morgan fingerprint density at radius 2 is 1.79 bits per heavy atom. The average molecular weight is 540 g/mol. The van der Waals surface area contributed by atoms with E-state index in [9.17, 15) is 22.8 Å². The van der Waals surface area contributed by atoms with Crippen LogP contribution in [0.1, 0.15) is 70.8 Å². The highest BCUT2D eigenvalue weighted by Gasteiger charge is 2.45. The van der Waals surface area contributed by atoms with Crippen molar-refractivity contribution in [2.24, 2.45) is 11.1 Å². The molecule has 10 heteroatoms. The van der Waals surface area contributed by atoms with E-state index < -0.39 is 29.0 Å². The van der Waals surface area contributed by atoms with E-state index >= 15 is 0 Å². The Balaban J connectivity index is 1.43. The van der Waals surface area contributed by atoms with Gasteiger partial charge in [-0.2, -0.15) is 18.3 Å². The maximum atomic E-state index is 13.9. The van der Waals surface area contributed by atoms with E-state index in [-0.39, 0.29) is 35.7 Å². The van der Waals surface area contributed by atoms with Crippen molar-refractivity contribution in [1.82, 2.24) is 14.7 Å². The van der Waals surface area contributed by atoms with Crippen LogP contribution < -0.4 is 11.1 Å². The maximum Gasteiger partial charge on any atom is 0.435 e. The summed E-state index contributed by atoms with van der Waals surface area (Å²) in [6.45, 7) is 6.28. The number of rotatable bonds is 6. The number of Topliss-reactive ketones (excluding diaryl/α,β-unsaturated/α-hetero) is 1. The number of ketones is 1. The van der Waals surface area contributed by atoms with Gasteiger partial charge in [0.2, 0.25) is 0 Å². The molecule has 2 aromatic carbocycles. The first-order chi connectivity index (χ1) is 18.4. The van der Waals surface area contributed by atoms with Crippen LogP contribution in [0.15, 0.2) is 48.5 Å². The van der Waals surface area contributed by atoms with E-state index in [0.29, 0.717) is 11.4 Å². The number of primary amides is 1. The molecule has 39 heavy (non-hydrogen) atoms. The number of aromatic nitrogens is 2. The predicted octanol–water partition coefficient (Wildman–Crippen LogP) is 5.22. The van der Waals surface area contributed by atoms with E-state index in [4.69, 9.17) is 5.73 Å². The number of hydrogen-bond donors (Lipinski definition) is 2. The van der Waals surface area contributed by atoms with Gasteiger partial charge in [-0.25, -0.2) is 4.68 Å². The lowest BCUT2D eigenvalue weighted by molar-refractivity contribution is -0.141. The quantitative estimate of drug-likeness (QED) is 0.448. The molecular formula is C29H32F3N5O2. The van der Waals surface area contributed by atoms with E-state index in [2.05, 4.69) is 27.4 Å². The monoisotopic (exact) mass is 539 g/mol. The molecule has 3 N–H and O–H groups in total. The molecule has 5 rings (SSSR count). The number of piperidine rings is 1. The highest BCUT2D eigenvalue weighted by Crippen LogP contribution is 2.42. The summed E-state index contributed by atoms with van der Waals surface area (Å²) >= 11 is 0. The van der Waals surface area contributed by atoms with Crippen molar-refractivity contribution in [3.05, 3.63) is 76.6 Å². The minimum atomic E-state index is -4.77. The first-order valence-corrected chi connectivity index (χ1v) is 13.1. The zero-order valence-corrected chi connectivity index (χ0v) is 22.0. The molecule has 2 heterocycles. The third kappa shape index (κ3) is 5.71. The molecule has 0 unspecified atom stereocenters. The number of carbonyl (C=O) groups is 2. The lowest BCUT2D eigenvalue weighted by atomic mass is 9.75. The molecule has 0 spiro atoms. The van der Waals surface area contributed by atoms with Crippen molar-refractivity contribution in [3.8, 4) is 5.69 Å². The highest BCUT2D eigenvalue weighted by molar-refractivity contribution is 6.00. The van der Waals surface area contributed by atoms with Crippen LogP contribution in [0, 0.1) is 5.41 Å². The third-order valence-corrected chi connectivity index (χ3v) is 7.52. The molecular weight excluding hydrogens is 507 g/mol. The molecule has 3 aromatic rings. The standard InChI is InChI=1S/C29H32F3N5O2/c1-28(2)15-23-25(24(38)16-28)26(29(30,31)32)35-37(23)20-8-9-21(27(33)39)22(14-20)34-19-10-12-36(13-11-19)17-18-6-4-3-5-7-18/h3-9,14,19,34H,10-13,15-17H2,1-2H3,(H2,33,39). The normalized spacial score (nSPS) is 18.1. The van der Waals surface area contributed by atoms with Gasteiger partial charge in [0.05, 0.1) is 22.5 Å². The number of benzene rings is 2. The van der Waals surface area contributed by atoms with E-state index in [1.165, 1.54) is 22.4 Å². The summed E-state index contributed by atoms with van der Waals surface area (Å²) in [5.41, 5.74) is 6.11. The van der Waals surface area contributed by atoms with Crippen molar-refractivity contribution < 1.29 is 22.8 Å². The Kier molecular flexibility index (Phi) is 7.00. The van der Waals surface area contributed by atoms with Gasteiger partial charge < -0.3 is 11.1 Å². The SMILES string of the molecule is CC1(C)CC(=O)c2c(C(F)(F)F)nn(-c3ccc(C(N)=O)c(NC4CCN(Cc5ccccc5)CC4)c3)c2C1. The van der Waals surface area contributed by atoms with Gasteiger partial charge in [0.25, 0.3) is 5.91 Å². The summed E-state index contributed by atoms with van der Waals surface area (Å²) in [7, 11) is 0. The predicted molar refractivity (Wildman–Crippen MR) is 142 cm³/mol. The maximum absolute atomic E-state index is 13.9. The Labute approximate surface area is 225 Å². The van der Waals surface area contributed by atoms with Gasteiger partial charge in [0.15, 0.2) is 11.5 Å². The van der Waals surface area contributed by atoms with E-state index in [1.54, 1.807) is 6.07 Å². The van der Waals surface area contributed by atoms with Gasteiger partial charge in [-0.1, -0.05) is 44.2 Å². The molecule has 0 atom stereocenters. The Hall–Kier alpha value is -3.66. The number of nitrogens with zero attached hydrogens (tertiary/aromatic N) is 3. The number of nitrogens with two attached hydrogens (primary N) is 1. The van der Waals surface area contributed by atoms with Gasteiger partial charge in [0.1, 0.15) is 0 Å². The van der Waals surface area contributed by atoms with Crippen molar-refractivity contribution in [2.75, 3.05) is 18.4 Å². The first-order valence-electron chi connectivity index (χ1n) is 13.1. The van der Waals surface area contributed by atoms with Crippen molar-refractivity contribution in [1.29, 1.82) is 0 Å². The lowest BCUT2D eigenvalue weighted by Crippen LogP contribution is -2.39. The average Bonchev–Trinajstić information content (AvgIpc) is 3.25. The molecule has 1 amide bonds. The number of amides is 1. The number of anilines is 1. The third-order valence-electron chi connectivity index (χ3n) is 7.52. The first kappa shape index (κ1) is 26.9. The molecule has 1 aromatic heterocycles. The summed E-state index contributed by atoms with van der Waals surface area (Å²) in [5.74, 6) is -1.20. The molecule has 1 aliphatic carbocycles. The fourth-order valence-corrected chi connectivity index (χ4v) is 5.66. The smallest absolute Gasteiger partial charge is 0.382 e. The molecule has 7 nitrogen and oxygen atoms in total. The summed E-state index contributed by atoms with van der Waals surface area (Å²) < 4.78 is 42.9. The van der Waals surface area contributed by atoms with Gasteiger partial charge in [-0.3, -0.25) is 14.5 Å². The zero-order valence-electron chi connectivity index (χ0n) is 22.0. The molecule has 2 aliphatic rings. The minimum Gasteiger partial charge on any atom is -0.382 e. The number of fused-ring (bicyclic) bond motifs is 1. The second kappa shape index (κ2) is 10.1. The summed E-state index contributed by atoms with van der Waals surface area (Å²) in [5, 5.41) is 7.29. The Morgan fingerprint density at radius 1 is 1.10 bits per heavy atom. The van der Waals surface area contributed by atoms with Gasteiger partial charge in [0, 0.05) is 37.8 Å². The molecule has 1 fully saturated rings. The topological polar surface area (TPSA) is 93.2 Å². The van der Waals surface area contributed by atoms with Gasteiger partial charge in [-0.15, -0.1) is 0 Å². The van der Waals surface area contributed by atoms with E-state index in [1.807, 2.05) is 32.0 Å². The van der Waals surface area contributed by atoms with Crippen LogP contribution in [0.2, 0.25) is 0 Å². The largest absolute Gasteiger partial charge is 0.435 e. The number of carbonyl (C=O) groups excluding carboxylic acids is 2. The molecule has 206 valence electrons. The Morgan fingerprint density at radius 3 is 2.44 bits per heavy atom. The molecule has 0 bridgehead atoms. The van der Waals surface area contributed by atoms with Crippen molar-refractivity contribution in [3.63, 3.8) is 0 Å². The van der Waals surface area contributed by atoms with E-state index in [0.717, 1.165) is 32.5 Å². The molecule has 1 saturated heterocycles. The van der Waals surface area contributed by atoms with Gasteiger partial charge >= 0.3 is 6.18 Å². The molecule has 0 saturated carbocycles. The fraction of sp³-hybridized carbons (Fsp3) is 0.414. The van der Waals surface area contributed by atoms with Crippen LogP contribution in [0.25, 0.3) is 5.69 Å². The number of nitrogens with one attached hydrogen (secondary N) is 1. The minimum absolute atomic E-state index is 0.0190. The Bertz CT molecular complexity index is 1390. The van der Waals surface area contributed by atoms with Crippen molar-refractivity contribution in [2.45, 2.75) is 58.3 Å². The molecule has 0 radical (unpaired) electrons. The van der Waals surface area contributed by atoms with Crippen LogP contribution in [-0.4, -0.2) is 45.5 Å². The highest BCUT2D eigenvalue weighted by atomic mass is 19.4. The van der Waals surface area contributed by atoms with Gasteiger partial charge in [-0.05, 0) is 48.4 Å². The second-order valence-electron chi connectivity index (χ2n) is 11.3. The number of halogens is 3. The number of likely N-dealkylation sites (tertiary alicyclic amines) is 1. The molecule has 1 aliphatic heterocycles. The summed E-state index contributed by atoms with van der Waals surface area (Å²) in [6, 6.07) is 14.9. The fourth-order valence-electron chi connectivity index (χ4n) is 5.66. The lowest BCUT2D eigenvalue weighted by Gasteiger charge is -2.33. The summed E-state index contributed by atoms with van der Waals surface area (Å²) in [6.07, 6.45) is -2.84. The van der Waals surface area contributed by atoms with Crippen molar-refractivity contribution >= 4 is 17.4 Å². The van der Waals surface area contributed by atoms with Crippen LogP contribution >= 0.6 is 0 Å². The van der Waals surface area contributed by atoms with Crippen LogP contribution in [-0.2, 0) is 19.1 Å².